The molecule has 0 saturated carbocycles. The van der Waals surface area contributed by atoms with Crippen LogP contribution in [0.5, 0.6) is 11.6 Å². The second kappa shape index (κ2) is 6.76. The van der Waals surface area contributed by atoms with Crippen LogP contribution in [-0.2, 0) is 0 Å². The van der Waals surface area contributed by atoms with Gasteiger partial charge in [0, 0.05) is 12.5 Å². The number of hydrogen-bond acceptors (Lipinski definition) is 4. The Morgan fingerprint density at radius 1 is 1.24 bits per heavy atom. The molecule has 0 amide bonds. The first kappa shape index (κ1) is 15.6. The van der Waals surface area contributed by atoms with Crippen molar-refractivity contribution in [3.8, 4) is 11.6 Å². The zero-order valence-electron chi connectivity index (χ0n) is 12.8. The molecule has 2 aromatic rings. The molecule has 1 aromatic heterocycles. The minimum atomic E-state index is 0.219. The summed E-state index contributed by atoms with van der Waals surface area (Å²) in [6, 6.07) is 7.37. The van der Waals surface area contributed by atoms with E-state index < -0.39 is 0 Å². The van der Waals surface area contributed by atoms with Crippen molar-refractivity contribution >= 4 is 17.4 Å². The van der Waals surface area contributed by atoms with Crippen LogP contribution in [0.15, 0.2) is 24.3 Å². The summed E-state index contributed by atoms with van der Waals surface area (Å²) in [5.74, 6) is 2.91. The molecule has 0 aliphatic carbocycles. The number of benzene rings is 1. The van der Waals surface area contributed by atoms with Gasteiger partial charge in [-0.25, -0.2) is 4.98 Å². The van der Waals surface area contributed by atoms with E-state index in [-0.39, 0.29) is 5.92 Å². The Morgan fingerprint density at radius 2 is 1.95 bits per heavy atom. The maximum Gasteiger partial charge on any atom is 0.227 e. The number of nitrogens with zero attached hydrogens (tertiary/aromatic N) is 2. The summed E-state index contributed by atoms with van der Waals surface area (Å²) < 4.78 is 5.89. The van der Waals surface area contributed by atoms with E-state index in [1.54, 1.807) is 6.07 Å². The van der Waals surface area contributed by atoms with Crippen LogP contribution in [-0.4, -0.2) is 16.5 Å². The molecular weight excluding hydrogens is 286 g/mol. The third-order valence-electron chi connectivity index (χ3n) is 3.02. The topological polar surface area (TPSA) is 47.0 Å². The highest BCUT2D eigenvalue weighted by Crippen LogP contribution is 2.32. The van der Waals surface area contributed by atoms with Gasteiger partial charge in [-0.1, -0.05) is 37.6 Å². The Hall–Kier alpha value is -1.81. The van der Waals surface area contributed by atoms with Crippen molar-refractivity contribution < 1.29 is 4.74 Å². The van der Waals surface area contributed by atoms with Gasteiger partial charge in [-0.3, -0.25) is 0 Å². The molecule has 112 valence electrons. The van der Waals surface area contributed by atoms with E-state index in [0.29, 0.717) is 16.7 Å². The highest BCUT2D eigenvalue weighted by atomic mass is 35.5. The van der Waals surface area contributed by atoms with E-state index >= 15 is 0 Å². The molecule has 2 rings (SSSR count). The van der Waals surface area contributed by atoms with Gasteiger partial charge >= 0.3 is 0 Å². The highest BCUT2D eigenvalue weighted by molar-refractivity contribution is 6.32. The number of ether oxygens (including phenoxy) is 1. The van der Waals surface area contributed by atoms with Crippen LogP contribution in [0.4, 0.5) is 5.82 Å². The van der Waals surface area contributed by atoms with Gasteiger partial charge in [0.2, 0.25) is 5.88 Å². The first-order valence-corrected chi connectivity index (χ1v) is 7.45. The molecule has 0 radical (unpaired) electrons. The Kier molecular flexibility index (Phi) is 5.02. The maximum atomic E-state index is 6.15. The smallest absolute Gasteiger partial charge is 0.227 e. The van der Waals surface area contributed by atoms with Crippen LogP contribution < -0.4 is 10.1 Å². The van der Waals surface area contributed by atoms with Gasteiger partial charge in [0.25, 0.3) is 0 Å². The van der Waals surface area contributed by atoms with Gasteiger partial charge in [-0.05, 0) is 26.0 Å². The number of anilines is 1. The molecule has 0 aliphatic rings. The minimum Gasteiger partial charge on any atom is -0.437 e. The molecular formula is C16H20ClN3O. The van der Waals surface area contributed by atoms with E-state index in [1.165, 1.54) is 0 Å². The number of aromatic nitrogens is 2. The molecule has 0 atom stereocenters. The molecule has 0 spiro atoms. The molecule has 0 unspecified atom stereocenters. The summed E-state index contributed by atoms with van der Waals surface area (Å²) in [6.07, 6.45) is 0. The first-order chi connectivity index (χ1) is 10.0. The van der Waals surface area contributed by atoms with Gasteiger partial charge in [-0.15, -0.1) is 0 Å². The minimum absolute atomic E-state index is 0.219. The Bertz CT molecular complexity index is 629. The fraction of sp³-hybridized carbons (Fsp3) is 0.375. The monoisotopic (exact) mass is 305 g/mol. The average Bonchev–Trinajstić information content (AvgIpc) is 2.45. The largest absolute Gasteiger partial charge is 0.437 e. The Morgan fingerprint density at radius 3 is 2.57 bits per heavy atom. The van der Waals surface area contributed by atoms with Crippen LogP contribution in [0.2, 0.25) is 5.02 Å². The quantitative estimate of drug-likeness (QED) is 0.863. The highest BCUT2D eigenvalue weighted by Gasteiger charge is 2.15. The predicted molar refractivity (Wildman–Crippen MR) is 86.5 cm³/mol. The van der Waals surface area contributed by atoms with E-state index in [2.05, 4.69) is 29.1 Å². The molecule has 21 heavy (non-hydrogen) atoms. The molecule has 1 heterocycles. The number of para-hydroxylation sites is 1. The van der Waals surface area contributed by atoms with Gasteiger partial charge in [0.05, 0.1) is 10.6 Å². The summed E-state index contributed by atoms with van der Waals surface area (Å²) in [5.41, 5.74) is 0.876. The average molecular weight is 306 g/mol. The van der Waals surface area contributed by atoms with Crippen molar-refractivity contribution in [3.05, 3.63) is 40.7 Å². The van der Waals surface area contributed by atoms with Gasteiger partial charge < -0.3 is 10.1 Å². The van der Waals surface area contributed by atoms with Crippen LogP contribution in [0.3, 0.4) is 0 Å². The van der Waals surface area contributed by atoms with Gasteiger partial charge in [0.15, 0.2) is 0 Å². The normalized spacial score (nSPS) is 10.8. The zero-order valence-corrected chi connectivity index (χ0v) is 13.5. The second-order valence-electron chi connectivity index (χ2n) is 5.08. The lowest BCUT2D eigenvalue weighted by Crippen LogP contribution is -2.08. The third kappa shape index (κ3) is 3.64. The fourth-order valence-electron chi connectivity index (χ4n) is 1.84. The fourth-order valence-corrected chi connectivity index (χ4v) is 2.02. The van der Waals surface area contributed by atoms with Crippen LogP contribution >= 0.6 is 11.6 Å². The van der Waals surface area contributed by atoms with Crippen molar-refractivity contribution in [2.24, 2.45) is 0 Å². The maximum absolute atomic E-state index is 6.15. The SMILES string of the molecule is CCNc1nc(C(C)C)nc(Oc2ccccc2Cl)c1C. The zero-order chi connectivity index (χ0) is 15.4. The molecule has 0 aliphatic heterocycles. The molecule has 0 fully saturated rings. The van der Waals surface area contributed by atoms with Crippen LogP contribution in [0.1, 0.15) is 38.1 Å². The summed E-state index contributed by atoms with van der Waals surface area (Å²) in [7, 11) is 0. The van der Waals surface area contributed by atoms with E-state index in [4.69, 9.17) is 16.3 Å². The van der Waals surface area contributed by atoms with Crippen molar-refractivity contribution in [1.29, 1.82) is 0 Å². The second-order valence-corrected chi connectivity index (χ2v) is 5.49. The molecule has 5 heteroatoms. The standard InChI is InChI=1S/C16H20ClN3O/c1-5-18-15-11(4)16(20-14(19-15)10(2)3)21-13-9-7-6-8-12(13)17/h6-10H,5H2,1-4H3,(H,18,19,20). The summed E-state index contributed by atoms with van der Waals surface area (Å²) in [6.45, 7) is 8.87. The number of rotatable bonds is 5. The van der Waals surface area contributed by atoms with E-state index in [0.717, 1.165) is 23.8 Å². The van der Waals surface area contributed by atoms with Gasteiger partial charge in [0.1, 0.15) is 17.4 Å². The van der Waals surface area contributed by atoms with E-state index in [1.807, 2.05) is 32.0 Å². The van der Waals surface area contributed by atoms with Crippen LogP contribution in [0.25, 0.3) is 0 Å². The van der Waals surface area contributed by atoms with E-state index in [9.17, 15) is 0 Å². The van der Waals surface area contributed by atoms with Crippen molar-refractivity contribution in [2.75, 3.05) is 11.9 Å². The van der Waals surface area contributed by atoms with Crippen molar-refractivity contribution in [1.82, 2.24) is 9.97 Å². The molecule has 4 nitrogen and oxygen atoms in total. The van der Waals surface area contributed by atoms with Gasteiger partial charge in [-0.2, -0.15) is 4.98 Å². The number of hydrogen-bond donors (Lipinski definition) is 1. The lowest BCUT2D eigenvalue weighted by Gasteiger charge is -2.15. The number of halogens is 1. The first-order valence-electron chi connectivity index (χ1n) is 7.07. The third-order valence-corrected chi connectivity index (χ3v) is 3.33. The Labute approximate surface area is 130 Å². The number of nitrogens with one attached hydrogen (secondary N) is 1. The molecule has 0 saturated heterocycles. The lowest BCUT2D eigenvalue weighted by atomic mass is 10.2. The summed E-state index contributed by atoms with van der Waals surface area (Å²) in [5, 5.41) is 3.81. The predicted octanol–water partition coefficient (Wildman–Crippen LogP) is 4.79. The van der Waals surface area contributed by atoms with Crippen LogP contribution in [0, 0.1) is 6.92 Å². The lowest BCUT2D eigenvalue weighted by molar-refractivity contribution is 0.453. The molecule has 1 aromatic carbocycles. The van der Waals surface area contributed by atoms with Crippen molar-refractivity contribution in [2.45, 2.75) is 33.6 Å². The molecule has 0 bridgehead atoms. The molecule has 1 N–H and O–H groups in total. The summed E-state index contributed by atoms with van der Waals surface area (Å²) in [4.78, 5) is 9.07. The summed E-state index contributed by atoms with van der Waals surface area (Å²) >= 11 is 6.15. The van der Waals surface area contributed by atoms with Crippen molar-refractivity contribution in [3.63, 3.8) is 0 Å². The Balaban J connectivity index is 2.44.